The van der Waals surface area contributed by atoms with Crippen LogP contribution >= 0.6 is 0 Å². The van der Waals surface area contributed by atoms with Gasteiger partial charge in [0.2, 0.25) is 0 Å². The summed E-state index contributed by atoms with van der Waals surface area (Å²) in [5.74, 6) is 2.32. The first-order valence-corrected chi connectivity index (χ1v) is 12.4. The Balaban J connectivity index is 1.20. The number of benzene rings is 4. The van der Waals surface area contributed by atoms with Gasteiger partial charge < -0.3 is 15.0 Å². The summed E-state index contributed by atoms with van der Waals surface area (Å²) in [5, 5.41) is 13.0. The van der Waals surface area contributed by atoms with Crippen molar-refractivity contribution in [3.63, 3.8) is 0 Å². The van der Waals surface area contributed by atoms with Crippen LogP contribution in [0.5, 0.6) is 5.75 Å². The smallest absolute Gasteiger partial charge is 0.258 e. The highest BCUT2D eigenvalue weighted by Crippen LogP contribution is 2.29. The summed E-state index contributed by atoms with van der Waals surface area (Å²) in [6.07, 6.45) is 1.79. The zero-order valence-electron chi connectivity index (χ0n) is 20.6. The Kier molecular flexibility index (Phi) is 5.44. The normalized spacial score (nSPS) is 11.3. The lowest BCUT2D eigenvalue weighted by molar-refractivity contribution is 0.296. The first kappa shape index (κ1) is 22.6. The molecule has 4 aromatic carbocycles. The molecule has 0 unspecified atom stereocenters. The molecule has 3 N–H and O–H groups in total. The van der Waals surface area contributed by atoms with E-state index >= 15 is 0 Å². The van der Waals surface area contributed by atoms with Crippen molar-refractivity contribution in [1.82, 2.24) is 30.1 Å². The highest BCUT2D eigenvalue weighted by molar-refractivity contribution is 5.93. The third kappa shape index (κ3) is 4.42. The number of rotatable bonds is 6. The highest BCUT2D eigenvalue weighted by Gasteiger charge is 2.12. The van der Waals surface area contributed by atoms with Gasteiger partial charge in [0.05, 0.1) is 28.1 Å². The number of H-pyrrole nitrogens is 2. The Labute approximate surface area is 221 Å². The maximum atomic E-state index is 12.4. The van der Waals surface area contributed by atoms with Crippen molar-refractivity contribution in [2.45, 2.75) is 6.61 Å². The molecule has 0 aliphatic carbocycles. The van der Waals surface area contributed by atoms with Crippen LogP contribution in [0.25, 0.3) is 44.1 Å². The van der Waals surface area contributed by atoms with Crippen molar-refractivity contribution in [1.29, 1.82) is 0 Å². The molecule has 0 spiro atoms. The van der Waals surface area contributed by atoms with Crippen molar-refractivity contribution >= 4 is 44.2 Å². The summed E-state index contributed by atoms with van der Waals surface area (Å²) in [4.78, 5) is 29.4. The third-order valence-electron chi connectivity index (χ3n) is 6.44. The molecule has 188 valence electrons. The number of aromatic amines is 2. The fourth-order valence-electron chi connectivity index (χ4n) is 4.54. The minimum atomic E-state index is -0.190. The van der Waals surface area contributed by atoms with Crippen LogP contribution < -0.4 is 15.6 Å². The van der Waals surface area contributed by atoms with Crippen LogP contribution in [0, 0.1) is 0 Å². The molecule has 3 heterocycles. The standard InChI is InChI=1S/C30H21N7O2/c38-30-23-9-2-4-11-26(23)33-27(35-30)17-39-21-7-5-6-18(15-21)28-34-25-10-3-1-8-22(25)29(36-28)32-20-12-13-24-19(14-20)16-31-37-24/h1-16H,17H2,(H,31,37)(H,32,34,36)(H,33,35,38). The fourth-order valence-corrected chi connectivity index (χ4v) is 4.54. The van der Waals surface area contributed by atoms with Gasteiger partial charge in [0.25, 0.3) is 5.56 Å². The van der Waals surface area contributed by atoms with E-state index in [2.05, 4.69) is 25.5 Å². The quantitative estimate of drug-likeness (QED) is 0.261. The average Bonchev–Trinajstić information content (AvgIpc) is 3.44. The minimum Gasteiger partial charge on any atom is -0.486 e. The van der Waals surface area contributed by atoms with Crippen molar-refractivity contribution in [2.24, 2.45) is 0 Å². The van der Waals surface area contributed by atoms with E-state index in [1.165, 1.54) is 0 Å². The topological polar surface area (TPSA) is 121 Å². The molecule has 0 aliphatic rings. The van der Waals surface area contributed by atoms with Crippen molar-refractivity contribution in [3.8, 4) is 17.1 Å². The van der Waals surface area contributed by atoms with E-state index in [1.54, 1.807) is 12.3 Å². The molecule has 0 radical (unpaired) electrons. The van der Waals surface area contributed by atoms with Crippen LogP contribution in [0.3, 0.4) is 0 Å². The number of hydrogen-bond acceptors (Lipinski definition) is 7. The van der Waals surface area contributed by atoms with E-state index in [9.17, 15) is 4.79 Å². The molecule has 0 aliphatic heterocycles. The zero-order chi connectivity index (χ0) is 26.2. The molecule has 39 heavy (non-hydrogen) atoms. The van der Waals surface area contributed by atoms with Crippen molar-refractivity contribution < 1.29 is 4.74 Å². The van der Waals surface area contributed by atoms with Gasteiger partial charge in [0.1, 0.15) is 24.0 Å². The monoisotopic (exact) mass is 511 g/mol. The second-order valence-corrected chi connectivity index (χ2v) is 9.06. The van der Waals surface area contributed by atoms with Gasteiger partial charge in [-0.2, -0.15) is 5.10 Å². The zero-order valence-corrected chi connectivity index (χ0v) is 20.6. The molecule has 7 aromatic rings. The summed E-state index contributed by atoms with van der Waals surface area (Å²) in [7, 11) is 0. The molecule has 0 saturated carbocycles. The number of anilines is 2. The van der Waals surface area contributed by atoms with Crippen molar-refractivity contribution in [2.75, 3.05) is 5.32 Å². The number of aromatic nitrogens is 6. The predicted octanol–water partition coefficient (Wildman–Crippen LogP) is 5.73. The maximum Gasteiger partial charge on any atom is 0.258 e. The van der Waals surface area contributed by atoms with E-state index in [1.807, 2.05) is 84.9 Å². The lowest BCUT2D eigenvalue weighted by Gasteiger charge is -2.12. The number of para-hydroxylation sites is 2. The Bertz CT molecular complexity index is 2050. The predicted molar refractivity (Wildman–Crippen MR) is 151 cm³/mol. The van der Waals surface area contributed by atoms with Crippen LogP contribution in [0.2, 0.25) is 0 Å². The van der Waals surface area contributed by atoms with Gasteiger partial charge >= 0.3 is 0 Å². The Morgan fingerprint density at radius 3 is 2.51 bits per heavy atom. The summed E-state index contributed by atoms with van der Waals surface area (Å²) in [6, 6.07) is 28.7. The second kappa shape index (κ2) is 9.38. The summed E-state index contributed by atoms with van der Waals surface area (Å²) in [6.45, 7) is 0.116. The molecular formula is C30H21N7O2. The van der Waals surface area contributed by atoms with E-state index in [0.717, 1.165) is 33.1 Å². The molecule has 9 nitrogen and oxygen atoms in total. The van der Waals surface area contributed by atoms with Gasteiger partial charge in [0, 0.05) is 22.0 Å². The summed E-state index contributed by atoms with van der Waals surface area (Å²) >= 11 is 0. The van der Waals surface area contributed by atoms with E-state index in [4.69, 9.17) is 14.7 Å². The van der Waals surface area contributed by atoms with Crippen LogP contribution in [-0.4, -0.2) is 30.1 Å². The molecule has 9 heteroatoms. The van der Waals surface area contributed by atoms with Crippen LogP contribution in [0.1, 0.15) is 5.82 Å². The Morgan fingerprint density at radius 2 is 1.62 bits per heavy atom. The van der Waals surface area contributed by atoms with Crippen LogP contribution in [0.15, 0.2) is 102 Å². The van der Waals surface area contributed by atoms with Gasteiger partial charge in [-0.3, -0.25) is 9.89 Å². The highest BCUT2D eigenvalue weighted by atomic mass is 16.5. The molecular weight excluding hydrogens is 490 g/mol. The Hall–Kier alpha value is -5.57. The van der Waals surface area contributed by atoms with E-state index in [0.29, 0.717) is 34.1 Å². The lowest BCUT2D eigenvalue weighted by atomic mass is 10.1. The molecule has 3 aromatic heterocycles. The van der Waals surface area contributed by atoms with Gasteiger partial charge in [-0.25, -0.2) is 15.0 Å². The SMILES string of the molecule is O=c1[nH]c(COc2cccc(-c3nc(Nc4ccc5[nH]ncc5c4)c4ccccc4n3)c2)nc2ccccc12. The van der Waals surface area contributed by atoms with E-state index in [-0.39, 0.29) is 12.2 Å². The first-order chi connectivity index (χ1) is 19.2. The number of ether oxygens (including phenoxy) is 1. The van der Waals surface area contributed by atoms with E-state index < -0.39 is 0 Å². The van der Waals surface area contributed by atoms with Gasteiger partial charge in [-0.1, -0.05) is 36.4 Å². The number of hydrogen-bond donors (Lipinski definition) is 3. The van der Waals surface area contributed by atoms with Gasteiger partial charge in [0.15, 0.2) is 5.82 Å². The minimum absolute atomic E-state index is 0.116. The molecule has 0 bridgehead atoms. The number of nitrogens with one attached hydrogen (secondary N) is 3. The first-order valence-electron chi connectivity index (χ1n) is 12.4. The second-order valence-electron chi connectivity index (χ2n) is 9.06. The lowest BCUT2D eigenvalue weighted by Crippen LogP contribution is -2.13. The average molecular weight is 512 g/mol. The van der Waals surface area contributed by atoms with Crippen molar-refractivity contribution in [3.05, 3.63) is 113 Å². The maximum absolute atomic E-state index is 12.4. The fraction of sp³-hybridized carbons (Fsp3) is 0.0333. The summed E-state index contributed by atoms with van der Waals surface area (Å²) in [5.41, 5.74) is 3.92. The molecule has 0 fully saturated rings. The molecule has 0 atom stereocenters. The third-order valence-corrected chi connectivity index (χ3v) is 6.44. The van der Waals surface area contributed by atoms with Crippen LogP contribution in [-0.2, 0) is 6.61 Å². The molecule has 7 rings (SSSR count). The van der Waals surface area contributed by atoms with Crippen LogP contribution in [0.4, 0.5) is 11.5 Å². The Morgan fingerprint density at radius 1 is 0.795 bits per heavy atom. The van der Waals surface area contributed by atoms with Gasteiger partial charge in [-0.05, 0) is 54.6 Å². The largest absolute Gasteiger partial charge is 0.486 e. The molecule has 0 amide bonds. The molecule has 0 saturated heterocycles. The number of fused-ring (bicyclic) bond motifs is 3. The number of nitrogens with zero attached hydrogens (tertiary/aromatic N) is 4. The van der Waals surface area contributed by atoms with Gasteiger partial charge in [-0.15, -0.1) is 0 Å². The summed E-state index contributed by atoms with van der Waals surface area (Å²) < 4.78 is 5.99.